The summed E-state index contributed by atoms with van der Waals surface area (Å²) in [5, 5.41) is 0. The maximum atomic E-state index is 12.0. The van der Waals surface area contributed by atoms with Crippen LogP contribution in [-0.4, -0.2) is 61.4 Å². The highest BCUT2D eigenvalue weighted by atomic mass is 16.7. The lowest BCUT2D eigenvalue weighted by molar-refractivity contribution is -0.150. The Morgan fingerprint density at radius 1 is 1.32 bits per heavy atom. The molecule has 0 bridgehead atoms. The van der Waals surface area contributed by atoms with Crippen molar-refractivity contribution >= 4 is 6.09 Å². The van der Waals surface area contributed by atoms with Crippen molar-refractivity contribution in [3.63, 3.8) is 0 Å². The molecule has 0 aromatic rings. The van der Waals surface area contributed by atoms with E-state index in [4.69, 9.17) is 18.9 Å². The van der Waals surface area contributed by atoms with Crippen molar-refractivity contribution in [3.05, 3.63) is 0 Å². The molecule has 0 spiro atoms. The smallest absolute Gasteiger partial charge is 0.410 e. The van der Waals surface area contributed by atoms with Crippen LogP contribution in [0.4, 0.5) is 4.79 Å². The first-order valence-corrected chi connectivity index (χ1v) is 8.15. The van der Waals surface area contributed by atoms with Gasteiger partial charge in [-0.1, -0.05) is 0 Å². The van der Waals surface area contributed by atoms with Gasteiger partial charge < -0.3 is 23.8 Å². The van der Waals surface area contributed by atoms with Gasteiger partial charge in [-0.25, -0.2) is 4.79 Å². The topological polar surface area (TPSA) is 57.2 Å². The van der Waals surface area contributed by atoms with Crippen molar-refractivity contribution in [2.45, 2.75) is 64.4 Å². The van der Waals surface area contributed by atoms with Gasteiger partial charge in [0.2, 0.25) is 0 Å². The molecule has 6 nitrogen and oxygen atoms in total. The molecule has 2 aliphatic rings. The number of ether oxygens (including phenoxy) is 4. The number of hydrogen-bond acceptors (Lipinski definition) is 5. The molecule has 2 fully saturated rings. The fourth-order valence-electron chi connectivity index (χ4n) is 2.70. The molecule has 0 aliphatic carbocycles. The van der Waals surface area contributed by atoms with Crippen molar-refractivity contribution in [2.24, 2.45) is 0 Å². The normalized spacial score (nSPS) is 24.7. The molecular weight excluding hydrogens is 286 g/mol. The van der Waals surface area contributed by atoms with E-state index in [0.29, 0.717) is 32.9 Å². The van der Waals surface area contributed by atoms with Gasteiger partial charge in [0.15, 0.2) is 5.79 Å². The molecule has 2 heterocycles. The standard InChI is InChI=1S/C16H29NO5/c1-15(2,3)22-14(18)17-8-6-13(12-17)19-9-5-7-16(4)20-10-11-21-16/h13H,5-12H2,1-4H3. The van der Waals surface area contributed by atoms with Crippen LogP contribution in [0.2, 0.25) is 0 Å². The average molecular weight is 315 g/mol. The fraction of sp³-hybridized carbons (Fsp3) is 0.938. The zero-order valence-corrected chi connectivity index (χ0v) is 14.2. The number of likely N-dealkylation sites (tertiary alicyclic amines) is 1. The van der Waals surface area contributed by atoms with E-state index in [9.17, 15) is 4.79 Å². The van der Waals surface area contributed by atoms with Gasteiger partial charge in [-0.3, -0.25) is 0 Å². The van der Waals surface area contributed by atoms with E-state index in [2.05, 4.69) is 0 Å². The number of carbonyl (C=O) groups excluding carboxylic acids is 1. The molecule has 2 saturated heterocycles. The molecular formula is C16H29NO5. The second-order valence-corrected chi connectivity index (χ2v) is 7.14. The number of hydrogen-bond donors (Lipinski definition) is 0. The second kappa shape index (κ2) is 7.15. The van der Waals surface area contributed by atoms with Gasteiger partial charge in [-0.2, -0.15) is 0 Å². The fourth-order valence-corrected chi connectivity index (χ4v) is 2.70. The minimum absolute atomic E-state index is 0.103. The zero-order chi connectivity index (χ0) is 16.2. The first kappa shape index (κ1) is 17.5. The van der Waals surface area contributed by atoms with E-state index < -0.39 is 11.4 Å². The molecule has 2 rings (SSSR count). The Morgan fingerprint density at radius 3 is 2.64 bits per heavy atom. The highest BCUT2D eigenvalue weighted by Gasteiger charge is 2.32. The molecule has 0 N–H and O–H groups in total. The number of carbonyl (C=O) groups is 1. The Kier molecular flexibility index (Phi) is 5.69. The molecule has 128 valence electrons. The predicted octanol–water partition coefficient (Wildman–Crippen LogP) is 2.56. The third-order valence-corrected chi connectivity index (χ3v) is 3.82. The van der Waals surface area contributed by atoms with Gasteiger partial charge in [-0.05, 0) is 40.5 Å². The van der Waals surface area contributed by atoms with Gasteiger partial charge >= 0.3 is 6.09 Å². The molecule has 1 amide bonds. The Labute approximate surface area is 133 Å². The zero-order valence-electron chi connectivity index (χ0n) is 14.2. The quantitative estimate of drug-likeness (QED) is 0.730. The van der Waals surface area contributed by atoms with Crippen molar-refractivity contribution < 1.29 is 23.7 Å². The maximum absolute atomic E-state index is 12.0. The first-order chi connectivity index (χ1) is 10.3. The summed E-state index contributed by atoms with van der Waals surface area (Å²) < 4.78 is 22.4. The summed E-state index contributed by atoms with van der Waals surface area (Å²) in [5.74, 6) is -0.443. The molecule has 22 heavy (non-hydrogen) atoms. The highest BCUT2D eigenvalue weighted by molar-refractivity contribution is 5.68. The van der Waals surface area contributed by atoms with Crippen LogP contribution in [-0.2, 0) is 18.9 Å². The van der Waals surface area contributed by atoms with E-state index in [1.807, 2.05) is 27.7 Å². The van der Waals surface area contributed by atoms with Crippen molar-refractivity contribution in [3.8, 4) is 0 Å². The third-order valence-electron chi connectivity index (χ3n) is 3.82. The van der Waals surface area contributed by atoms with E-state index in [0.717, 1.165) is 19.3 Å². The van der Waals surface area contributed by atoms with Gasteiger partial charge in [0.05, 0.1) is 25.9 Å². The summed E-state index contributed by atoms with van der Waals surface area (Å²) in [6.45, 7) is 10.9. The molecule has 6 heteroatoms. The monoisotopic (exact) mass is 315 g/mol. The largest absolute Gasteiger partial charge is 0.444 e. The predicted molar refractivity (Wildman–Crippen MR) is 81.7 cm³/mol. The molecule has 1 unspecified atom stereocenters. The van der Waals surface area contributed by atoms with Crippen molar-refractivity contribution in [1.82, 2.24) is 4.90 Å². The lowest BCUT2D eigenvalue weighted by atomic mass is 10.2. The summed E-state index contributed by atoms with van der Waals surface area (Å²) in [6, 6.07) is 0. The number of nitrogens with zero attached hydrogens (tertiary/aromatic N) is 1. The lowest BCUT2D eigenvalue weighted by Gasteiger charge is -2.24. The van der Waals surface area contributed by atoms with Gasteiger partial charge in [0.1, 0.15) is 5.60 Å². The highest BCUT2D eigenvalue weighted by Crippen LogP contribution is 2.24. The molecule has 0 aromatic heterocycles. The van der Waals surface area contributed by atoms with E-state index in [1.54, 1.807) is 4.90 Å². The number of amides is 1. The maximum Gasteiger partial charge on any atom is 0.410 e. The first-order valence-electron chi connectivity index (χ1n) is 8.15. The Morgan fingerprint density at radius 2 is 2.00 bits per heavy atom. The third kappa shape index (κ3) is 5.41. The van der Waals surface area contributed by atoms with E-state index in [1.165, 1.54) is 0 Å². The van der Waals surface area contributed by atoms with Gasteiger partial charge in [0, 0.05) is 19.6 Å². The molecule has 2 aliphatic heterocycles. The van der Waals surface area contributed by atoms with Crippen LogP contribution >= 0.6 is 0 Å². The van der Waals surface area contributed by atoms with Crippen LogP contribution in [0.15, 0.2) is 0 Å². The second-order valence-electron chi connectivity index (χ2n) is 7.14. The summed E-state index contributed by atoms with van der Waals surface area (Å²) in [7, 11) is 0. The van der Waals surface area contributed by atoms with Crippen molar-refractivity contribution in [1.29, 1.82) is 0 Å². The SMILES string of the molecule is CC(C)(C)OC(=O)N1CCC(OCCCC2(C)OCCO2)C1. The Bertz CT molecular complexity index is 373. The van der Waals surface area contributed by atoms with E-state index in [-0.39, 0.29) is 12.2 Å². The molecule has 1 atom stereocenters. The summed E-state index contributed by atoms with van der Waals surface area (Å²) in [4.78, 5) is 13.7. The number of rotatable bonds is 5. The minimum atomic E-state index is -0.452. The summed E-state index contributed by atoms with van der Waals surface area (Å²) in [6.07, 6.45) is 2.43. The van der Waals surface area contributed by atoms with E-state index >= 15 is 0 Å². The average Bonchev–Trinajstić information content (AvgIpc) is 3.02. The van der Waals surface area contributed by atoms with Gasteiger partial charge in [-0.15, -0.1) is 0 Å². The van der Waals surface area contributed by atoms with Crippen LogP contribution in [0.5, 0.6) is 0 Å². The Hall–Kier alpha value is -0.850. The van der Waals surface area contributed by atoms with Gasteiger partial charge in [0.25, 0.3) is 0 Å². The summed E-state index contributed by atoms with van der Waals surface area (Å²) >= 11 is 0. The van der Waals surface area contributed by atoms with Crippen LogP contribution in [0, 0.1) is 0 Å². The van der Waals surface area contributed by atoms with Crippen LogP contribution < -0.4 is 0 Å². The Balaban J connectivity index is 1.61. The summed E-state index contributed by atoms with van der Waals surface area (Å²) in [5.41, 5.74) is -0.452. The van der Waals surface area contributed by atoms with Crippen LogP contribution in [0.3, 0.4) is 0 Å². The van der Waals surface area contributed by atoms with Crippen LogP contribution in [0.1, 0.15) is 47.0 Å². The lowest BCUT2D eigenvalue weighted by Crippen LogP contribution is -2.36. The molecule has 0 aromatic carbocycles. The molecule has 0 radical (unpaired) electrons. The molecule has 0 saturated carbocycles. The van der Waals surface area contributed by atoms with Crippen LogP contribution in [0.25, 0.3) is 0 Å². The minimum Gasteiger partial charge on any atom is -0.444 e. The van der Waals surface area contributed by atoms with Crippen molar-refractivity contribution in [2.75, 3.05) is 32.9 Å².